The normalized spacial score (nSPS) is 11.8. The molecule has 2 aromatic heterocycles. The first kappa shape index (κ1) is 19.1. The topological polar surface area (TPSA) is 129 Å². The number of aromatic amines is 1. The summed E-state index contributed by atoms with van der Waals surface area (Å²) in [5.41, 5.74) is -4.28. The molecule has 28 heavy (non-hydrogen) atoms. The zero-order valence-electron chi connectivity index (χ0n) is 14.3. The summed E-state index contributed by atoms with van der Waals surface area (Å²) >= 11 is 0. The Bertz CT molecular complexity index is 1180. The number of hydrogen-bond acceptors (Lipinski definition) is 7. The van der Waals surface area contributed by atoms with E-state index in [-0.39, 0.29) is 34.9 Å². The smallest absolute Gasteiger partial charge is 0.434 e. The average Bonchev–Trinajstić information content (AvgIpc) is 2.91. The van der Waals surface area contributed by atoms with Gasteiger partial charge in [0.05, 0.1) is 28.3 Å². The highest BCUT2D eigenvalue weighted by molar-refractivity contribution is 5.82. The van der Waals surface area contributed by atoms with Crippen molar-refractivity contribution in [2.24, 2.45) is 0 Å². The summed E-state index contributed by atoms with van der Waals surface area (Å²) in [5, 5.41) is 11.1. The Morgan fingerprint density at radius 1 is 1.39 bits per heavy atom. The molecule has 0 aliphatic heterocycles. The van der Waals surface area contributed by atoms with Crippen LogP contribution in [-0.4, -0.2) is 32.1 Å². The Labute approximate surface area is 152 Å². The van der Waals surface area contributed by atoms with Gasteiger partial charge in [0, 0.05) is 6.07 Å². The number of benzene rings is 1. The van der Waals surface area contributed by atoms with E-state index in [1.54, 1.807) is 0 Å². The molecule has 0 saturated heterocycles. The van der Waals surface area contributed by atoms with E-state index in [4.69, 9.17) is 4.74 Å². The Morgan fingerprint density at radius 3 is 2.64 bits per heavy atom. The number of nitrogens with one attached hydrogen (secondary N) is 1. The molecule has 0 bridgehead atoms. The fraction of sp³-hybridized carbons (Fsp3) is 0.267. The number of halogens is 3. The molecule has 0 saturated carbocycles. The van der Waals surface area contributed by atoms with Crippen LogP contribution in [0.2, 0.25) is 0 Å². The van der Waals surface area contributed by atoms with E-state index < -0.39 is 34.1 Å². The Balaban J connectivity index is 2.35. The number of hydrogen-bond donors (Lipinski definition) is 1. The summed E-state index contributed by atoms with van der Waals surface area (Å²) in [4.78, 5) is 39.7. The molecule has 0 amide bonds. The maximum atomic E-state index is 13.2. The van der Waals surface area contributed by atoms with Crippen molar-refractivity contribution in [2.75, 3.05) is 6.61 Å². The third-order valence-electron chi connectivity index (χ3n) is 3.81. The number of alkyl halides is 3. The Morgan fingerprint density at radius 2 is 2.07 bits per heavy atom. The molecule has 1 aromatic carbocycles. The minimum absolute atomic E-state index is 0.0151. The lowest BCUT2D eigenvalue weighted by Gasteiger charge is -2.10. The van der Waals surface area contributed by atoms with Gasteiger partial charge in [-0.15, -0.1) is 0 Å². The number of carbonyl (C=O) groups excluding carboxylic acids is 1. The number of rotatable bonds is 3. The highest BCUT2D eigenvalue weighted by atomic mass is 19.4. The standard InChI is InChI=1S/C15H11F3N4O6/c1-3-27-14(24)28-13-6(2)21-10-5-9(22(25)26)7(15(16,17)18)4-8(10)19-12(23)11(21)20-13/h4-5H,3H2,1-2H3,(H,19,23). The van der Waals surface area contributed by atoms with Gasteiger partial charge in [-0.2, -0.15) is 18.2 Å². The molecule has 0 unspecified atom stereocenters. The molecular formula is C15H11F3N4O6. The number of fused-ring (bicyclic) bond motifs is 3. The second-order valence-corrected chi connectivity index (χ2v) is 5.54. The lowest BCUT2D eigenvalue weighted by atomic mass is 10.1. The van der Waals surface area contributed by atoms with E-state index in [2.05, 4.69) is 14.7 Å². The van der Waals surface area contributed by atoms with Crippen molar-refractivity contribution in [3.8, 4) is 5.88 Å². The average molecular weight is 400 g/mol. The third kappa shape index (κ3) is 3.10. The molecule has 0 atom stereocenters. The highest BCUT2D eigenvalue weighted by Gasteiger charge is 2.39. The fourth-order valence-corrected chi connectivity index (χ4v) is 2.67. The van der Waals surface area contributed by atoms with Crippen molar-refractivity contribution < 1.29 is 32.4 Å². The summed E-state index contributed by atoms with van der Waals surface area (Å²) in [6.07, 6.45) is -6.11. The Hall–Kier alpha value is -3.64. The third-order valence-corrected chi connectivity index (χ3v) is 3.81. The molecule has 13 heteroatoms. The van der Waals surface area contributed by atoms with Crippen molar-refractivity contribution in [1.82, 2.24) is 14.4 Å². The van der Waals surface area contributed by atoms with E-state index in [9.17, 15) is 32.9 Å². The molecule has 0 fully saturated rings. The lowest BCUT2D eigenvalue weighted by molar-refractivity contribution is -0.387. The molecule has 0 radical (unpaired) electrons. The summed E-state index contributed by atoms with van der Waals surface area (Å²) in [5.74, 6) is -0.320. The van der Waals surface area contributed by atoms with Crippen LogP contribution in [0.3, 0.4) is 0 Å². The van der Waals surface area contributed by atoms with E-state index in [0.717, 1.165) is 4.40 Å². The molecular weight excluding hydrogens is 389 g/mol. The zero-order chi connectivity index (χ0) is 20.8. The predicted octanol–water partition coefficient (Wildman–Crippen LogP) is 2.95. The molecule has 3 rings (SSSR count). The summed E-state index contributed by atoms with van der Waals surface area (Å²) in [7, 11) is 0. The SMILES string of the molecule is CCOC(=O)Oc1nc2c(=O)[nH]c3cc(C(F)(F)F)c([N+](=O)[O-])cc3n2c1C. The number of nitro groups is 1. The van der Waals surface area contributed by atoms with Gasteiger partial charge in [0.1, 0.15) is 5.56 Å². The van der Waals surface area contributed by atoms with Crippen molar-refractivity contribution in [1.29, 1.82) is 0 Å². The van der Waals surface area contributed by atoms with Crippen LogP contribution in [0, 0.1) is 17.0 Å². The van der Waals surface area contributed by atoms with Crippen molar-refractivity contribution in [3.05, 3.63) is 43.9 Å². The number of imidazole rings is 1. The van der Waals surface area contributed by atoms with E-state index in [1.807, 2.05) is 0 Å². The second-order valence-electron chi connectivity index (χ2n) is 5.54. The summed E-state index contributed by atoms with van der Waals surface area (Å²) < 4.78 is 50.0. The van der Waals surface area contributed by atoms with Crippen molar-refractivity contribution in [3.63, 3.8) is 0 Å². The number of H-pyrrole nitrogens is 1. The van der Waals surface area contributed by atoms with E-state index >= 15 is 0 Å². The minimum Gasteiger partial charge on any atom is -0.434 e. The highest BCUT2D eigenvalue weighted by Crippen LogP contribution is 2.38. The molecule has 3 aromatic rings. The van der Waals surface area contributed by atoms with E-state index in [1.165, 1.54) is 13.8 Å². The van der Waals surface area contributed by atoms with Gasteiger partial charge in [0.2, 0.25) is 11.5 Å². The van der Waals surface area contributed by atoms with Gasteiger partial charge < -0.3 is 14.5 Å². The van der Waals surface area contributed by atoms with Gasteiger partial charge in [0.15, 0.2) is 0 Å². The predicted molar refractivity (Wildman–Crippen MR) is 87.4 cm³/mol. The first-order valence-electron chi connectivity index (χ1n) is 7.69. The first-order valence-corrected chi connectivity index (χ1v) is 7.69. The number of nitrogens with zero attached hydrogens (tertiary/aromatic N) is 3. The lowest BCUT2D eigenvalue weighted by Crippen LogP contribution is -2.14. The first-order chi connectivity index (χ1) is 13.0. The number of nitro benzene ring substituents is 1. The monoisotopic (exact) mass is 400 g/mol. The van der Waals surface area contributed by atoms with Gasteiger partial charge in [-0.1, -0.05) is 0 Å². The zero-order valence-corrected chi connectivity index (χ0v) is 14.3. The maximum absolute atomic E-state index is 13.2. The molecule has 0 aliphatic rings. The van der Waals surface area contributed by atoms with Crippen LogP contribution < -0.4 is 10.3 Å². The van der Waals surface area contributed by atoms with Crippen LogP contribution in [0.1, 0.15) is 18.2 Å². The minimum atomic E-state index is -5.01. The maximum Gasteiger partial charge on any atom is 0.515 e. The Kier molecular flexibility index (Phi) is 4.45. The summed E-state index contributed by atoms with van der Waals surface area (Å²) in [6.45, 7) is 2.92. The van der Waals surface area contributed by atoms with Gasteiger partial charge in [-0.05, 0) is 19.9 Å². The van der Waals surface area contributed by atoms with Gasteiger partial charge in [0.25, 0.3) is 11.2 Å². The molecule has 0 aliphatic carbocycles. The van der Waals surface area contributed by atoms with Crippen molar-refractivity contribution in [2.45, 2.75) is 20.0 Å². The van der Waals surface area contributed by atoms with Crippen LogP contribution in [0.5, 0.6) is 5.88 Å². The molecule has 2 heterocycles. The number of carbonyl (C=O) groups is 1. The van der Waals surface area contributed by atoms with Crippen molar-refractivity contribution >= 4 is 28.5 Å². The van der Waals surface area contributed by atoms with E-state index in [0.29, 0.717) is 12.1 Å². The molecule has 148 valence electrons. The second kappa shape index (κ2) is 6.51. The number of aromatic nitrogens is 3. The fourth-order valence-electron chi connectivity index (χ4n) is 2.67. The molecule has 1 N–H and O–H groups in total. The largest absolute Gasteiger partial charge is 0.515 e. The van der Waals surface area contributed by atoms with Gasteiger partial charge >= 0.3 is 12.3 Å². The molecule has 0 spiro atoms. The quantitative estimate of drug-likeness (QED) is 0.406. The summed E-state index contributed by atoms with van der Waals surface area (Å²) in [6, 6.07) is 1.14. The molecule has 10 nitrogen and oxygen atoms in total. The van der Waals surface area contributed by atoms with Crippen LogP contribution in [0.4, 0.5) is 23.7 Å². The van der Waals surface area contributed by atoms with Crippen LogP contribution >= 0.6 is 0 Å². The van der Waals surface area contributed by atoms with Gasteiger partial charge in [-0.25, -0.2) is 4.79 Å². The number of ether oxygens (including phenoxy) is 2. The van der Waals surface area contributed by atoms with Crippen LogP contribution in [-0.2, 0) is 10.9 Å². The van der Waals surface area contributed by atoms with Crippen LogP contribution in [0.25, 0.3) is 16.7 Å². The van der Waals surface area contributed by atoms with Gasteiger partial charge in [-0.3, -0.25) is 19.3 Å². The number of aryl methyl sites for hydroxylation is 1. The van der Waals surface area contributed by atoms with Crippen LogP contribution in [0.15, 0.2) is 16.9 Å².